The molecule has 1 atom stereocenters. The van der Waals surface area contributed by atoms with Gasteiger partial charge in [-0.1, -0.05) is 11.6 Å². The highest BCUT2D eigenvalue weighted by atomic mass is 35.5. The van der Waals surface area contributed by atoms with Crippen LogP contribution in [-0.2, 0) is 11.2 Å². The number of fused-ring (bicyclic) bond motifs is 1. The fourth-order valence-corrected chi connectivity index (χ4v) is 4.59. The van der Waals surface area contributed by atoms with Crippen molar-refractivity contribution in [2.24, 2.45) is 0 Å². The number of hydrogen-bond donors (Lipinski definition) is 1. The van der Waals surface area contributed by atoms with Gasteiger partial charge < -0.3 is 14.7 Å². The molecule has 6 heteroatoms. The predicted octanol–water partition coefficient (Wildman–Crippen LogP) is 4.12. The maximum absolute atomic E-state index is 13.2. The van der Waals surface area contributed by atoms with Crippen LogP contribution in [0.2, 0.25) is 5.02 Å². The maximum atomic E-state index is 13.2. The molecular weight excluding hydrogens is 390 g/mol. The van der Waals surface area contributed by atoms with Crippen molar-refractivity contribution >= 4 is 41.5 Å². The van der Waals surface area contributed by atoms with Crippen molar-refractivity contribution in [1.29, 1.82) is 0 Å². The van der Waals surface area contributed by atoms with Crippen molar-refractivity contribution in [3.8, 4) is 0 Å². The number of halogens is 1. The summed E-state index contributed by atoms with van der Waals surface area (Å²) in [5.41, 5.74) is 3.60. The van der Waals surface area contributed by atoms with Crippen LogP contribution in [0.4, 0.5) is 11.4 Å². The van der Waals surface area contributed by atoms with Crippen molar-refractivity contribution in [2.75, 3.05) is 42.5 Å². The minimum atomic E-state index is -0.157. The first-order valence-corrected chi connectivity index (χ1v) is 10.7. The van der Waals surface area contributed by atoms with Gasteiger partial charge in [-0.15, -0.1) is 12.6 Å². The summed E-state index contributed by atoms with van der Waals surface area (Å²) in [6.07, 6.45) is 2.08. The SMILES string of the molecule is C[C@H](C(=O)N1CCN(c2ccc(S)cc2)CC1)N1CCCc2cc(Cl)ccc21. The molecule has 0 aliphatic carbocycles. The number of benzene rings is 2. The Balaban J connectivity index is 1.41. The second-order valence-electron chi connectivity index (χ2n) is 7.57. The fourth-order valence-electron chi connectivity index (χ4n) is 4.24. The van der Waals surface area contributed by atoms with Gasteiger partial charge in [-0.2, -0.15) is 0 Å². The number of thiol groups is 1. The summed E-state index contributed by atoms with van der Waals surface area (Å²) in [5, 5.41) is 0.765. The average Bonchev–Trinajstić information content (AvgIpc) is 2.73. The largest absolute Gasteiger partial charge is 0.368 e. The molecule has 28 heavy (non-hydrogen) atoms. The summed E-state index contributed by atoms with van der Waals surface area (Å²) < 4.78 is 0. The molecule has 1 amide bonds. The number of amides is 1. The molecule has 1 fully saturated rings. The van der Waals surface area contributed by atoms with Crippen LogP contribution < -0.4 is 9.80 Å². The lowest BCUT2D eigenvalue weighted by Crippen LogP contribution is -2.55. The van der Waals surface area contributed by atoms with Gasteiger partial charge in [0.2, 0.25) is 5.91 Å². The Hall–Kier alpha value is -1.85. The number of hydrogen-bond acceptors (Lipinski definition) is 4. The summed E-state index contributed by atoms with van der Waals surface area (Å²) in [6.45, 7) is 6.18. The molecule has 4 rings (SSSR count). The highest BCUT2D eigenvalue weighted by molar-refractivity contribution is 7.80. The topological polar surface area (TPSA) is 26.8 Å². The van der Waals surface area contributed by atoms with Crippen molar-refractivity contribution in [3.05, 3.63) is 53.1 Å². The number of anilines is 2. The van der Waals surface area contributed by atoms with Crippen LogP contribution >= 0.6 is 24.2 Å². The number of nitrogens with zero attached hydrogens (tertiary/aromatic N) is 3. The molecule has 0 bridgehead atoms. The Bertz CT molecular complexity index is 849. The van der Waals surface area contributed by atoms with Crippen molar-refractivity contribution < 1.29 is 4.79 Å². The molecule has 0 spiro atoms. The first-order chi connectivity index (χ1) is 13.5. The van der Waals surface area contributed by atoms with Crippen LogP contribution in [0.5, 0.6) is 0 Å². The monoisotopic (exact) mass is 415 g/mol. The van der Waals surface area contributed by atoms with Gasteiger partial charge >= 0.3 is 0 Å². The number of carbonyl (C=O) groups is 1. The lowest BCUT2D eigenvalue weighted by molar-refractivity contribution is -0.132. The Labute approximate surface area is 177 Å². The standard InChI is InChI=1S/C22H26ClN3OS/c1-16(26-10-2-3-17-15-18(23)4-9-21(17)26)22(27)25-13-11-24(12-14-25)19-5-7-20(28)8-6-19/h4-9,15-16,28H,2-3,10-14H2,1H3/t16-/m1/s1. The molecule has 1 saturated heterocycles. The molecule has 148 valence electrons. The normalized spacial score (nSPS) is 18.0. The third-order valence-electron chi connectivity index (χ3n) is 5.83. The minimum Gasteiger partial charge on any atom is -0.368 e. The smallest absolute Gasteiger partial charge is 0.245 e. The zero-order chi connectivity index (χ0) is 19.7. The molecule has 0 N–H and O–H groups in total. The number of aryl methyl sites for hydroxylation is 1. The van der Waals surface area contributed by atoms with E-state index in [0.717, 1.165) is 61.2 Å². The van der Waals surface area contributed by atoms with Crippen molar-refractivity contribution in [3.63, 3.8) is 0 Å². The second-order valence-corrected chi connectivity index (χ2v) is 8.53. The molecule has 0 unspecified atom stereocenters. The zero-order valence-corrected chi connectivity index (χ0v) is 17.8. The molecule has 2 aromatic rings. The van der Waals surface area contributed by atoms with E-state index in [1.165, 1.54) is 11.3 Å². The van der Waals surface area contributed by atoms with Crippen LogP contribution in [0.3, 0.4) is 0 Å². The first kappa shape index (κ1) is 19.5. The quantitative estimate of drug-likeness (QED) is 0.764. The van der Waals surface area contributed by atoms with Gasteiger partial charge in [0.25, 0.3) is 0 Å². The summed E-state index contributed by atoms with van der Waals surface area (Å²) in [6, 6.07) is 14.1. The highest BCUT2D eigenvalue weighted by Gasteiger charge is 2.31. The highest BCUT2D eigenvalue weighted by Crippen LogP contribution is 2.31. The Morgan fingerprint density at radius 1 is 1.04 bits per heavy atom. The summed E-state index contributed by atoms with van der Waals surface area (Å²) in [4.78, 5) is 20.7. The molecule has 2 aromatic carbocycles. The van der Waals surface area contributed by atoms with E-state index in [9.17, 15) is 4.79 Å². The summed E-state index contributed by atoms with van der Waals surface area (Å²) in [5.74, 6) is 0.216. The number of carbonyl (C=O) groups excluding carboxylic acids is 1. The summed E-state index contributed by atoms with van der Waals surface area (Å²) in [7, 11) is 0. The lowest BCUT2D eigenvalue weighted by atomic mass is 10.00. The van der Waals surface area contributed by atoms with Crippen LogP contribution in [0.1, 0.15) is 18.9 Å². The van der Waals surface area contributed by atoms with E-state index in [-0.39, 0.29) is 11.9 Å². The molecule has 0 radical (unpaired) electrons. The van der Waals surface area contributed by atoms with Crippen molar-refractivity contribution in [1.82, 2.24) is 4.90 Å². The van der Waals surface area contributed by atoms with E-state index in [1.807, 2.05) is 36.1 Å². The van der Waals surface area contributed by atoms with Gasteiger partial charge in [0.05, 0.1) is 0 Å². The molecular formula is C22H26ClN3OS. The maximum Gasteiger partial charge on any atom is 0.245 e. The van der Waals surface area contributed by atoms with Gasteiger partial charge in [0, 0.05) is 54.0 Å². The van der Waals surface area contributed by atoms with Crippen LogP contribution in [0.15, 0.2) is 47.4 Å². The van der Waals surface area contributed by atoms with Gasteiger partial charge in [-0.25, -0.2) is 0 Å². The molecule has 2 heterocycles. The Morgan fingerprint density at radius 3 is 2.46 bits per heavy atom. The van der Waals surface area contributed by atoms with Crippen LogP contribution in [-0.4, -0.2) is 49.6 Å². The van der Waals surface area contributed by atoms with Crippen molar-refractivity contribution in [2.45, 2.75) is 30.7 Å². The van der Waals surface area contributed by atoms with E-state index in [1.54, 1.807) is 0 Å². The van der Waals surface area contributed by atoms with Gasteiger partial charge in [0.1, 0.15) is 6.04 Å². The van der Waals surface area contributed by atoms with E-state index >= 15 is 0 Å². The van der Waals surface area contributed by atoms with Gasteiger partial charge in [-0.3, -0.25) is 4.79 Å². The van der Waals surface area contributed by atoms with Gasteiger partial charge in [0.15, 0.2) is 0 Å². The first-order valence-electron chi connectivity index (χ1n) is 9.91. The molecule has 0 saturated carbocycles. The van der Waals surface area contributed by atoms with Crippen LogP contribution in [0, 0.1) is 0 Å². The summed E-state index contributed by atoms with van der Waals surface area (Å²) >= 11 is 10.5. The van der Waals surface area contributed by atoms with E-state index in [2.05, 4.69) is 40.6 Å². The second kappa shape index (κ2) is 8.26. The fraction of sp³-hybridized carbons (Fsp3) is 0.409. The number of piperazine rings is 1. The average molecular weight is 416 g/mol. The third kappa shape index (κ3) is 3.96. The molecule has 0 aromatic heterocycles. The van der Waals surface area contributed by atoms with E-state index in [0.29, 0.717) is 0 Å². The van der Waals surface area contributed by atoms with Gasteiger partial charge in [-0.05, 0) is 67.8 Å². The third-order valence-corrected chi connectivity index (χ3v) is 6.36. The Kier molecular flexibility index (Phi) is 5.74. The number of rotatable bonds is 3. The zero-order valence-electron chi connectivity index (χ0n) is 16.1. The van der Waals surface area contributed by atoms with E-state index in [4.69, 9.17) is 11.6 Å². The molecule has 2 aliphatic heterocycles. The molecule has 2 aliphatic rings. The van der Waals surface area contributed by atoms with E-state index < -0.39 is 0 Å². The lowest BCUT2D eigenvalue weighted by Gasteiger charge is -2.41. The Morgan fingerprint density at radius 2 is 1.75 bits per heavy atom. The minimum absolute atomic E-state index is 0.157. The van der Waals surface area contributed by atoms with Crippen LogP contribution in [0.25, 0.3) is 0 Å². The predicted molar refractivity (Wildman–Crippen MR) is 119 cm³/mol. The molecule has 4 nitrogen and oxygen atoms in total.